The van der Waals surface area contributed by atoms with E-state index in [1.807, 2.05) is 17.0 Å². The molecule has 150 valence electrons. The van der Waals surface area contributed by atoms with Crippen molar-refractivity contribution in [3.8, 4) is 5.75 Å². The Hall–Kier alpha value is -2.15. The van der Waals surface area contributed by atoms with E-state index >= 15 is 0 Å². The zero-order valence-electron chi connectivity index (χ0n) is 16.9. The lowest BCUT2D eigenvalue weighted by Gasteiger charge is -2.49. The van der Waals surface area contributed by atoms with Crippen LogP contribution >= 0.6 is 0 Å². The van der Waals surface area contributed by atoms with Gasteiger partial charge in [-0.2, -0.15) is 0 Å². The zero-order valence-corrected chi connectivity index (χ0v) is 16.9. The number of anilines is 1. The predicted molar refractivity (Wildman–Crippen MR) is 110 cm³/mol. The van der Waals surface area contributed by atoms with E-state index < -0.39 is 6.35 Å². The first-order valence-corrected chi connectivity index (χ1v) is 9.94. The third-order valence-corrected chi connectivity index (χ3v) is 6.65. The molecule has 28 heavy (non-hydrogen) atoms. The minimum Gasteiger partial charge on any atom is -0.493 e. The Morgan fingerprint density at radius 1 is 1.11 bits per heavy atom. The monoisotopic (exact) mass is 382 g/mol. The molecule has 2 aromatic rings. The Morgan fingerprint density at radius 3 is 2.46 bits per heavy atom. The second kappa shape index (κ2) is 7.35. The maximum atomic E-state index is 10.7. The molecule has 6 heteroatoms. The van der Waals surface area contributed by atoms with Gasteiger partial charge in [0.05, 0.1) is 7.11 Å². The smallest absolute Gasteiger partial charge is 0.185 e. The lowest BCUT2D eigenvalue weighted by atomic mass is 9.69. The molecule has 1 aromatic heterocycles. The fourth-order valence-corrected chi connectivity index (χ4v) is 4.94. The summed E-state index contributed by atoms with van der Waals surface area (Å²) < 4.78 is 5.45. The van der Waals surface area contributed by atoms with Crippen LogP contribution in [0.1, 0.15) is 31.2 Å². The first-order chi connectivity index (χ1) is 13.5. The summed E-state index contributed by atoms with van der Waals surface area (Å²) in [5.41, 5.74) is 1.29. The number of hydrogen-bond acceptors (Lipinski definition) is 6. The normalized spacial score (nSPS) is 30.2. The summed E-state index contributed by atoms with van der Waals surface area (Å²) in [7, 11) is 5.98. The second-order valence-electron chi connectivity index (χ2n) is 8.25. The quantitative estimate of drug-likeness (QED) is 0.848. The largest absolute Gasteiger partial charge is 0.493 e. The first-order valence-electron chi connectivity index (χ1n) is 9.94. The third kappa shape index (κ3) is 3.15. The van der Waals surface area contributed by atoms with E-state index in [1.54, 1.807) is 13.3 Å². The van der Waals surface area contributed by atoms with Crippen LogP contribution in [0, 0.1) is 0 Å². The summed E-state index contributed by atoms with van der Waals surface area (Å²) in [6.45, 7) is 0.722. The van der Waals surface area contributed by atoms with E-state index in [9.17, 15) is 5.11 Å². The first kappa shape index (κ1) is 19.2. The summed E-state index contributed by atoms with van der Waals surface area (Å²) in [5, 5.41) is 14.2. The lowest BCUT2D eigenvalue weighted by Crippen LogP contribution is -2.54. The van der Waals surface area contributed by atoms with Crippen LogP contribution in [0.25, 0.3) is 0 Å². The number of nitrogens with zero attached hydrogens (tertiary/aromatic N) is 3. The SMILES string of the molecule is COc1cccnc1N1CC2(CCC(c3ccccc3)(N(C)C)CC2)NC1O. The molecule has 2 N–H and O–H groups in total. The zero-order chi connectivity index (χ0) is 19.8. The molecule has 1 aliphatic heterocycles. The van der Waals surface area contributed by atoms with Crippen molar-refractivity contribution in [2.24, 2.45) is 0 Å². The number of aliphatic hydroxyl groups is 1. The molecule has 2 heterocycles. The van der Waals surface area contributed by atoms with Crippen LogP contribution in [0.4, 0.5) is 5.82 Å². The number of rotatable bonds is 4. The number of hydrogen-bond donors (Lipinski definition) is 2. The van der Waals surface area contributed by atoms with Gasteiger partial charge in [0.2, 0.25) is 0 Å². The van der Waals surface area contributed by atoms with Crippen LogP contribution in [0.3, 0.4) is 0 Å². The number of methoxy groups -OCH3 is 1. The Bertz CT molecular complexity index is 803. The summed E-state index contributed by atoms with van der Waals surface area (Å²) in [5.74, 6) is 1.37. The van der Waals surface area contributed by atoms with E-state index in [0.29, 0.717) is 11.6 Å². The molecule has 2 aliphatic rings. The molecule has 1 saturated carbocycles. The molecule has 1 atom stereocenters. The Morgan fingerprint density at radius 2 is 1.82 bits per heavy atom. The van der Waals surface area contributed by atoms with Crippen molar-refractivity contribution in [1.29, 1.82) is 0 Å². The molecule has 0 radical (unpaired) electrons. The van der Waals surface area contributed by atoms with Crippen LogP contribution in [0.15, 0.2) is 48.7 Å². The van der Waals surface area contributed by atoms with Crippen molar-refractivity contribution < 1.29 is 9.84 Å². The van der Waals surface area contributed by atoms with Gasteiger partial charge in [0.15, 0.2) is 17.9 Å². The molecule has 0 amide bonds. The molecular weight excluding hydrogens is 352 g/mol. The lowest BCUT2D eigenvalue weighted by molar-refractivity contribution is 0.0513. The molecule has 1 unspecified atom stereocenters. The average molecular weight is 383 g/mol. The van der Waals surface area contributed by atoms with Crippen LogP contribution < -0.4 is 15.0 Å². The van der Waals surface area contributed by atoms with Gasteiger partial charge in [-0.25, -0.2) is 4.98 Å². The molecule has 1 aromatic carbocycles. The third-order valence-electron chi connectivity index (χ3n) is 6.65. The maximum Gasteiger partial charge on any atom is 0.185 e. The van der Waals surface area contributed by atoms with Crippen molar-refractivity contribution in [3.63, 3.8) is 0 Å². The van der Waals surface area contributed by atoms with Gasteiger partial charge < -0.3 is 14.7 Å². The minimum absolute atomic E-state index is 0.0370. The fraction of sp³-hybridized carbons (Fsp3) is 0.500. The molecule has 2 fully saturated rings. The standard InChI is InChI=1S/C22H30N4O2/c1-25(2)22(17-8-5-4-6-9-17)13-11-21(12-14-22)16-26(20(27)24-21)19-18(28-3)10-7-15-23-19/h4-10,15,20,24,27H,11-14,16H2,1-3H3. The van der Waals surface area contributed by atoms with Crippen molar-refractivity contribution in [2.45, 2.75) is 43.1 Å². The van der Waals surface area contributed by atoms with E-state index in [0.717, 1.165) is 32.2 Å². The van der Waals surface area contributed by atoms with Gasteiger partial charge in [0, 0.05) is 23.8 Å². The summed E-state index contributed by atoms with van der Waals surface area (Å²) >= 11 is 0. The van der Waals surface area contributed by atoms with E-state index in [-0.39, 0.29) is 11.1 Å². The summed E-state index contributed by atoms with van der Waals surface area (Å²) in [6.07, 6.45) is 5.04. The van der Waals surface area contributed by atoms with E-state index in [4.69, 9.17) is 4.74 Å². The molecule has 1 saturated heterocycles. The van der Waals surface area contributed by atoms with Gasteiger partial charge in [0.25, 0.3) is 0 Å². The molecule has 4 rings (SSSR count). The van der Waals surface area contributed by atoms with Crippen LogP contribution in [0.5, 0.6) is 5.75 Å². The highest BCUT2D eigenvalue weighted by molar-refractivity contribution is 5.54. The number of ether oxygens (including phenoxy) is 1. The maximum absolute atomic E-state index is 10.7. The fourth-order valence-electron chi connectivity index (χ4n) is 4.94. The van der Waals surface area contributed by atoms with Gasteiger partial charge >= 0.3 is 0 Å². The van der Waals surface area contributed by atoms with E-state index in [2.05, 4.69) is 59.6 Å². The molecule has 0 bridgehead atoms. The van der Waals surface area contributed by atoms with Gasteiger partial charge in [-0.15, -0.1) is 0 Å². The van der Waals surface area contributed by atoms with Gasteiger partial charge in [0.1, 0.15) is 0 Å². The Labute approximate surface area is 167 Å². The van der Waals surface area contributed by atoms with Gasteiger partial charge in [-0.05, 0) is 57.5 Å². The predicted octanol–water partition coefficient (Wildman–Crippen LogP) is 2.55. The molecular formula is C22H30N4O2. The Balaban J connectivity index is 1.56. The highest BCUT2D eigenvalue weighted by Crippen LogP contribution is 2.47. The van der Waals surface area contributed by atoms with Crippen molar-refractivity contribution in [2.75, 3.05) is 32.6 Å². The Kier molecular flexibility index (Phi) is 5.04. The number of aromatic nitrogens is 1. The summed E-state index contributed by atoms with van der Waals surface area (Å²) in [6, 6.07) is 14.5. The van der Waals surface area contributed by atoms with E-state index in [1.165, 1.54) is 5.56 Å². The van der Waals surface area contributed by atoms with Crippen LogP contribution in [0.2, 0.25) is 0 Å². The number of pyridine rings is 1. The van der Waals surface area contributed by atoms with Gasteiger partial charge in [-0.1, -0.05) is 30.3 Å². The number of aliphatic hydroxyl groups excluding tert-OH is 1. The minimum atomic E-state index is -0.757. The average Bonchev–Trinajstić information content (AvgIpc) is 3.05. The summed E-state index contributed by atoms with van der Waals surface area (Å²) in [4.78, 5) is 8.74. The number of nitrogens with one attached hydrogen (secondary N) is 1. The van der Waals surface area contributed by atoms with Crippen molar-refractivity contribution in [3.05, 3.63) is 54.2 Å². The van der Waals surface area contributed by atoms with Crippen LogP contribution in [-0.2, 0) is 5.54 Å². The topological polar surface area (TPSA) is 60.9 Å². The highest BCUT2D eigenvalue weighted by Gasteiger charge is 2.50. The van der Waals surface area contributed by atoms with Gasteiger partial charge in [-0.3, -0.25) is 10.2 Å². The number of benzene rings is 1. The van der Waals surface area contributed by atoms with Crippen LogP contribution in [-0.4, -0.2) is 54.6 Å². The van der Waals surface area contributed by atoms with Crippen molar-refractivity contribution in [1.82, 2.24) is 15.2 Å². The second-order valence-corrected chi connectivity index (χ2v) is 8.25. The molecule has 6 nitrogen and oxygen atoms in total. The molecule has 1 spiro atoms. The highest BCUT2D eigenvalue weighted by atomic mass is 16.5. The molecule has 1 aliphatic carbocycles. The van der Waals surface area contributed by atoms with Crippen molar-refractivity contribution >= 4 is 5.82 Å².